The van der Waals surface area contributed by atoms with Crippen molar-refractivity contribution in [1.82, 2.24) is 0 Å². The van der Waals surface area contributed by atoms with Gasteiger partial charge in [-0.1, -0.05) is 70.4 Å². The summed E-state index contributed by atoms with van der Waals surface area (Å²) >= 11 is 0. The molecule has 1 unspecified atom stereocenters. The highest BCUT2D eigenvalue weighted by atomic mass is 16.5. The first-order chi connectivity index (χ1) is 9.29. The van der Waals surface area contributed by atoms with Crippen LogP contribution in [0.25, 0.3) is 0 Å². The first-order valence-electron chi connectivity index (χ1n) is 8.14. The maximum Gasteiger partial charge on any atom is 0.228 e. The Kier molecular flexibility index (Phi) is 13.2. The van der Waals surface area contributed by atoms with E-state index in [9.17, 15) is 0 Å². The van der Waals surface area contributed by atoms with Gasteiger partial charge in [-0.25, -0.2) is 0 Å². The van der Waals surface area contributed by atoms with Crippen LogP contribution in [0.15, 0.2) is 5.16 Å². The molecule has 0 saturated heterocycles. The molecule has 1 N–H and O–H groups in total. The number of unbranched alkanes of at least 4 members (excludes halogenated alkanes) is 7. The Morgan fingerprint density at radius 2 is 1.53 bits per heavy atom. The van der Waals surface area contributed by atoms with E-state index in [0.29, 0.717) is 12.5 Å². The highest BCUT2D eigenvalue weighted by molar-refractivity contribution is 5.78. The molecule has 0 fully saturated rings. The van der Waals surface area contributed by atoms with Gasteiger partial charge in [0.05, 0.1) is 6.61 Å². The van der Waals surface area contributed by atoms with Gasteiger partial charge in [-0.3, -0.25) is 0 Å². The van der Waals surface area contributed by atoms with Crippen LogP contribution in [0.3, 0.4) is 0 Å². The van der Waals surface area contributed by atoms with E-state index in [-0.39, 0.29) is 5.92 Å². The van der Waals surface area contributed by atoms with E-state index in [0.717, 1.165) is 12.8 Å². The highest BCUT2D eigenvalue weighted by Crippen LogP contribution is 2.17. The summed E-state index contributed by atoms with van der Waals surface area (Å²) in [6.45, 7) is 6.88. The first-order valence-corrected chi connectivity index (χ1v) is 8.14. The standard InChI is InChI=1S/C16H33NO2/c1-4-7-8-9-10-11-12-13-14-15(5-2)16(17-18)19-6-3/h15,18H,4-14H2,1-3H3. The summed E-state index contributed by atoms with van der Waals surface area (Å²) in [5.41, 5.74) is 0. The molecule has 0 radical (unpaired) electrons. The van der Waals surface area contributed by atoms with Gasteiger partial charge in [0.25, 0.3) is 0 Å². The Hall–Kier alpha value is -0.730. The Balaban J connectivity index is 3.61. The van der Waals surface area contributed by atoms with Crippen LogP contribution in [-0.2, 0) is 4.74 Å². The predicted molar refractivity (Wildman–Crippen MR) is 81.9 cm³/mol. The molecule has 0 aliphatic carbocycles. The summed E-state index contributed by atoms with van der Waals surface area (Å²) in [4.78, 5) is 0. The monoisotopic (exact) mass is 271 g/mol. The van der Waals surface area contributed by atoms with Crippen LogP contribution >= 0.6 is 0 Å². The van der Waals surface area contributed by atoms with Crippen molar-refractivity contribution in [2.45, 2.75) is 85.0 Å². The molecule has 114 valence electrons. The second-order valence-electron chi connectivity index (χ2n) is 5.24. The van der Waals surface area contributed by atoms with Crippen LogP contribution in [0, 0.1) is 5.92 Å². The van der Waals surface area contributed by atoms with Gasteiger partial charge in [0.1, 0.15) is 0 Å². The summed E-state index contributed by atoms with van der Waals surface area (Å²) in [5, 5.41) is 12.2. The number of hydrogen-bond acceptors (Lipinski definition) is 3. The number of nitrogens with zero attached hydrogens (tertiary/aromatic N) is 1. The van der Waals surface area contributed by atoms with Gasteiger partial charge in [-0.2, -0.15) is 0 Å². The van der Waals surface area contributed by atoms with Crippen molar-refractivity contribution >= 4 is 5.90 Å². The number of hydrogen-bond donors (Lipinski definition) is 1. The van der Waals surface area contributed by atoms with Crippen molar-refractivity contribution < 1.29 is 9.94 Å². The summed E-state index contributed by atoms with van der Waals surface area (Å²) in [6, 6.07) is 0. The smallest absolute Gasteiger partial charge is 0.228 e. The molecule has 0 rings (SSSR count). The molecule has 0 amide bonds. The van der Waals surface area contributed by atoms with Gasteiger partial charge < -0.3 is 9.94 Å². The van der Waals surface area contributed by atoms with Crippen LogP contribution in [0.5, 0.6) is 0 Å². The average Bonchev–Trinajstić information content (AvgIpc) is 2.44. The third-order valence-corrected chi connectivity index (χ3v) is 3.64. The van der Waals surface area contributed by atoms with E-state index < -0.39 is 0 Å². The Bertz CT molecular complexity index is 217. The highest BCUT2D eigenvalue weighted by Gasteiger charge is 2.15. The lowest BCUT2D eigenvalue weighted by atomic mass is 9.97. The molecule has 3 heteroatoms. The molecule has 0 aliphatic heterocycles. The van der Waals surface area contributed by atoms with Crippen molar-refractivity contribution in [2.75, 3.05) is 6.61 Å². The lowest BCUT2D eigenvalue weighted by Gasteiger charge is -2.16. The first kappa shape index (κ1) is 18.3. The van der Waals surface area contributed by atoms with Gasteiger partial charge >= 0.3 is 0 Å². The molecule has 0 saturated carbocycles. The Morgan fingerprint density at radius 3 is 2.00 bits per heavy atom. The van der Waals surface area contributed by atoms with E-state index in [1.165, 1.54) is 51.4 Å². The molecule has 3 nitrogen and oxygen atoms in total. The SMILES string of the molecule is CCCCCCCCCCC(CC)C(=NO)OCC. The van der Waals surface area contributed by atoms with Crippen LogP contribution in [0.2, 0.25) is 0 Å². The minimum absolute atomic E-state index is 0.282. The van der Waals surface area contributed by atoms with Gasteiger partial charge in [-0.15, -0.1) is 0 Å². The zero-order chi connectivity index (χ0) is 14.3. The fraction of sp³-hybridized carbons (Fsp3) is 0.938. The molecule has 0 aromatic rings. The third-order valence-electron chi connectivity index (χ3n) is 3.64. The molecule has 0 aromatic heterocycles. The number of oxime groups is 1. The Morgan fingerprint density at radius 1 is 0.947 bits per heavy atom. The van der Waals surface area contributed by atoms with Crippen molar-refractivity contribution in [3.63, 3.8) is 0 Å². The maximum absolute atomic E-state index is 8.94. The molecule has 0 aromatic carbocycles. The molecule has 19 heavy (non-hydrogen) atoms. The van der Waals surface area contributed by atoms with Gasteiger partial charge in [-0.05, 0) is 19.8 Å². The van der Waals surface area contributed by atoms with Gasteiger partial charge in [0.15, 0.2) is 0 Å². The van der Waals surface area contributed by atoms with E-state index in [1.54, 1.807) is 0 Å². The molecule has 0 bridgehead atoms. The van der Waals surface area contributed by atoms with Gasteiger partial charge in [0, 0.05) is 5.92 Å². The largest absolute Gasteiger partial charge is 0.479 e. The van der Waals surface area contributed by atoms with E-state index in [2.05, 4.69) is 19.0 Å². The number of rotatable bonds is 12. The predicted octanol–water partition coefficient (Wildman–Crippen LogP) is 5.37. The van der Waals surface area contributed by atoms with E-state index in [1.807, 2.05) is 6.92 Å². The van der Waals surface area contributed by atoms with Crippen molar-refractivity contribution in [2.24, 2.45) is 11.1 Å². The molecular formula is C16H33NO2. The number of ether oxygens (including phenoxy) is 1. The van der Waals surface area contributed by atoms with Crippen LogP contribution in [0.4, 0.5) is 0 Å². The summed E-state index contributed by atoms with van der Waals surface area (Å²) < 4.78 is 5.37. The molecular weight excluding hydrogens is 238 g/mol. The minimum Gasteiger partial charge on any atom is -0.479 e. The fourth-order valence-corrected chi connectivity index (χ4v) is 2.40. The van der Waals surface area contributed by atoms with Crippen molar-refractivity contribution in [1.29, 1.82) is 0 Å². The normalized spacial score (nSPS) is 13.5. The minimum atomic E-state index is 0.282. The van der Waals surface area contributed by atoms with E-state index in [4.69, 9.17) is 9.94 Å². The van der Waals surface area contributed by atoms with Crippen LogP contribution in [-0.4, -0.2) is 17.7 Å². The molecule has 1 atom stereocenters. The second kappa shape index (κ2) is 13.7. The molecule has 0 heterocycles. The lowest BCUT2D eigenvalue weighted by Crippen LogP contribution is -2.17. The second-order valence-corrected chi connectivity index (χ2v) is 5.24. The molecule has 0 aliphatic rings. The molecule has 0 spiro atoms. The average molecular weight is 271 g/mol. The van der Waals surface area contributed by atoms with E-state index >= 15 is 0 Å². The quantitative estimate of drug-likeness (QED) is 0.170. The fourth-order valence-electron chi connectivity index (χ4n) is 2.40. The zero-order valence-electron chi connectivity index (χ0n) is 13.2. The third kappa shape index (κ3) is 9.80. The van der Waals surface area contributed by atoms with Gasteiger partial charge in [0.2, 0.25) is 5.90 Å². The lowest BCUT2D eigenvalue weighted by molar-refractivity contribution is 0.240. The van der Waals surface area contributed by atoms with Crippen LogP contribution < -0.4 is 0 Å². The maximum atomic E-state index is 8.94. The van der Waals surface area contributed by atoms with Crippen molar-refractivity contribution in [3.8, 4) is 0 Å². The zero-order valence-corrected chi connectivity index (χ0v) is 13.2. The Labute approximate surface area is 119 Å². The summed E-state index contributed by atoms with van der Waals surface area (Å²) in [6.07, 6.45) is 12.7. The van der Waals surface area contributed by atoms with Crippen molar-refractivity contribution in [3.05, 3.63) is 0 Å². The summed E-state index contributed by atoms with van der Waals surface area (Å²) in [7, 11) is 0. The summed E-state index contributed by atoms with van der Waals surface area (Å²) in [5.74, 6) is 0.804. The van der Waals surface area contributed by atoms with Crippen LogP contribution in [0.1, 0.15) is 85.0 Å². The topological polar surface area (TPSA) is 41.8 Å².